The zero-order chi connectivity index (χ0) is 14.5. The van der Waals surface area contributed by atoms with Crippen molar-refractivity contribution >= 4 is 17.7 Å². The number of hydrogen-bond donors (Lipinski definition) is 2. The zero-order valence-electron chi connectivity index (χ0n) is 10.7. The van der Waals surface area contributed by atoms with Crippen LogP contribution in [-0.2, 0) is 4.79 Å². The van der Waals surface area contributed by atoms with Gasteiger partial charge >= 0.3 is 5.97 Å². The standard InChI is InChI=1S/C13H17F2NO2S/c1-13(16,12(17)18)6-2-3-7-19-11-8-9(14)4-5-10(11)15/h4-5,8H,2-3,6-7,16H2,1H3,(H,17,18). The molecule has 6 heteroatoms. The van der Waals surface area contributed by atoms with Gasteiger partial charge in [0.25, 0.3) is 0 Å². The summed E-state index contributed by atoms with van der Waals surface area (Å²) in [4.78, 5) is 11.0. The number of nitrogens with two attached hydrogens (primary N) is 1. The lowest BCUT2D eigenvalue weighted by Gasteiger charge is -2.18. The molecule has 1 unspecified atom stereocenters. The molecule has 3 N–H and O–H groups in total. The molecule has 0 spiro atoms. The number of carboxylic acids is 1. The van der Waals surface area contributed by atoms with Gasteiger partial charge in [-0.1, -0.05) is 6.42 Å². The van der Waals surface area contributed by atoms with Gasteiger partial charge < -0.3 is 10.8 Å². The van der Waals surface area contributed by atoms with Crippen molar-refractivity contribution in [1.82, 2.24) is 0 Å². The highest BCUT2D eigenvalue weighted by atomic mass is 32.2. The number of rotatable bonds is 7. The highest BCUT2D eigenvalue weighted by molar-refractivity contribution is 7.99. The van der Waals surface area contributed by atoms with Crippen LogP contribution < -0.4 is 5.73 Å². The van der Waals surface area contributed by atoms with E-state index in [2.05, 4.69) is 0 Å². The Morgan fingerprint density at radius 1 is 1.42 bits per heavy atom. The number of carboxylic acid groups (broad SMARTS) is 1. The van der Waals surface area contributed by atoms with Crippen LogP contribution in [0.5, 0.6) is 0 Å². The van der Waals surface area contributed by atoms with E-state index in [0.29, 0.717) is 25.0 Å². The fourth-order valence-electron chi connectivity index (χ4n) is 1.47. The van der Waals surface area contributed by atoms with Crippen molar-refractivity contribution in [3.8, 4) is 0 Å². The van der Waals surface area contributed by atoms with E-state index in [9.17, 15) is 13.6 Å². The number of benzene rings is 1. The molecule has 0 fully saturated rings. The molecular weight excluding hydrogens is 272 g/mol. The molecule has 1 rings (SSSR count). The number of hydrogen-bond acceptors (Lipinski definition) is 3. The predicted molar refractivity (Wildman–Crippen MR) is 71.2 cm³/mol. The maximum atomic E-state index is 13.3. The Morgan fingerprint density at radius 3 is 2.74 bits per heavy atom. The van der Waals surface area contributed by atoms with Crippen LogP contribution in [0.2, 0.25) is 0 Å². The Labute approximate surface area is 115 Å². The van der Waals surface area contributed by atoms with Gasteiger partial charge in [-0.25, -0.2) is 8.78 Å². The second-order valence-electron chi connectivity index (χ2n) is 4.60. The van der Waals surface area contributed by atoms with Crippen LogP contribution in [0.25, 0.3) is 0 Å². The Hall–Kier alpha value is -1.14. The van der Waals surface area contributed by atoms with E-state index < -0.39 is 23.1 Å². The number of carbonyl (C=O) groups is 1. The van der Waals surface area contributed by atoms with Gasteiger partial charge in [-0.15, -0.1) is 11.8 Å². The quantitative estimate of drug-likeness (QED) is 0.598. The van der Waals surface area contributed by atoms with Gasteiger partial charge in [0.2, 0.25) is 0 Å². The van der Waals surface area contributed by atoms with E-state index in [1.165, 1.54) is 18.7 Å². The number of thioether (sulfide) groups is 1. The summed E-state index contributed by atoms with van der Waals surface area (Å²) in [7, 11) is 0. The molecule has 106 valence electrons. The average Bonchev–Trinajstić information content (AvgIpc) is 2.32. The van der Waals surface area contributed by atoms with Crippen LogP contribution in [0.1, 0.15) is 26.2 Å². The first kappa shape index (κ1) is 15.9. The fraction of sp³-hybridized carbons (Fsp3) is 0.462. The molecule has 1 atom stereocenters. The molecule has 0 aliphatic heterocycles. The van der Waals surface area contributed by atoms with Crippen molar-refractivity contribution in [3.05, 3.63) is 29.8 Å². The Bertz CT molecular complexity index is 452. The van der Waals surface area contributed by atoms with Gasteiger partial charge in [0.1, 0.15) is 17.2 Å². The maximum Gasteiger partial charge on any atom is 0.323 e. The van der Waals surface area contributed by atoms with Crippen LogP contribution in [-0.4, -0.2) is 22.4 Å². The topological polar surface area (TPSA) is 63.3 Å². The minimum atomic E-state index is -1.23. The molecule has 0 saturated heterocycles. The number of unbranched alkanes of at least 4 members (excludes halogenated alkanes) is 1. The molecule has 1 aromatic carbocycles. The average molecular weight is 289 g/mol. The van der Waals surface area contributed by atoms with Gasteiger partial charge in [0.05, 0.1) is 0 Å². The third-order valence-electron chi connectivity index (χ3n) is 2.73. The third kappa shape index (κ3) is 5.16. The van der Waals surface area contributed by atoms with E-state index in [-0.39, 0.29) is 4.90 Å². The summed E-state index contributed by atoms with van der Waals surface area (Å²) in [6.07, 6.45) is 1.68. The van der Waals surface area contributed by atoms with Gasteiger partial charge in [0, 0.05) is 4.90 Å². The van der Waals surface area contributed by atoms with E-state index in [1.54, 1.807) is 0 Å². The summed E-state index contributed by atoms with van der Waals surface area (Å²) in [5, 5.41) is 8.82. The molecule has 0 amide bonds. The van der Waals surface area contributed by atoms with Crippen molar-refractivity contribution in [1.29, 1.82) is 0 Å². The predicted octanol–water partition coefficient (Wildman–Crippen LogP) is 3.03. The first-order chi connectivity index (χ1) is 8.83. The summed E-state index contributed by atoms with van der Waals surface area (Å²) < 4.78 is 26.2. The Morgan fingerprint density at radius 2 is 2.11 bits per heavy atom. The van der Waals surface area contributed by atoms with Crippen LogP contribution in [0.15, 0.2) is 23.1 Å². The minimum absolute atomic E-state index is 0.272. The van der Waals surface area contributed by atoms with E-state index in [1.807, 2.05) is 0 Å². The number of halogens is 2. The molecule has 0 aromatic heterocycles. The lowest BCUT2D eigenvalue weighted by Crippen LogP contribution is -2.44. The maximum absolute atomic E-state index is 13.3. The molecule has 3 nitrogen and oxygen atoms in total. The van der Waals surface area contributed by atoms with Crippen molar-refractivity contribution in [2.45, 2.75) is 36.6 Å². The van der Waals surface area contributed by atoms with Crippen LogP contribution in [0.3, 0.4) is 0 Å². The summed E-state index contributed by atoms with van der Waals surface area (Å²) in [5.74, 6) is -1.35. The number of aliphatic carboxylic acids is 1. The monoisotopic (exact) mass is 289 g/mol. The van der Waals surface area contributed by atoms with Gasteiger partial charge in [0.15, 0.2) is 0 Å². The summed E-state index contributed by atoms with van der Waals surface area (Å²) in [6.45, 7) is 1.47. The molecule has 1 aromatic rings. The molecular formula is C13H17F2NO2S. The molecule has 0 radical (unpaired) electrons. The molecule has 0 aliphatic rings. The van der Waals surface area contributed by atoms with Crippen LogP contribution in [0, 0.1) is 11.6 Å². The van der Waals surface area contributed by atoms with Crippen molar-refractivity contribution in [2.75, 3.05) is 5.75 Å². The highest BCUT2D eigenvalue weighted by Crippen LogP contribution is 2.24. The highest BCUT2D eigenvalue weighted by Gasteiger charge is 2.26. The SMILES string of the molecule is CC(N)(CCCCSc1cc(F)ccc1F)C(=O)O. The first-order valence-electron chi connectivity index (χ1n) is 5.93. The minimum Gasteiger partial charge on any atom is -0.480 e. The molecule has 19 heavy (non-hydrogen) atoms. The van der Waals surface area contributed by atoms with E-state index in [4.69, 9.17) is 10.8 Å². The molecule has 0 heterocycles. The van der Waals surface area contributed by atoms with E-state index >= 15 is 0 Å². The second-order valence-corrected chi connectivity index (χ2v) is 5.74. The van der Waals surface area contributed by atoms with Gasteiger partial charge in [-0.05, 0) is 43.7 Å². The lowest BCUT2D eigenvalue weighted by atomic mass is 9.97. The fourth-order valence-corrected chi connectivity index (χ4v) is 2.44. The van der Waals surface area contributed by atoms with Crippen LogP contribution >= 0.6 is 11.8 Å². The van der Waals surface area contributed by atoms with Crippen molar-refractivity contribution in [2.24, 2.45) is 5.73 Å². The molecule has 0 aliphatic carbocycles. The largest absolute Gasteiger partial charge is 0.480 e. The van der Waals surface area contributed by atoms with Gasteiger partial charge in [-0.2, -0.15) is 0 Å². The van der Waals surface area contributed by atoms with Crippen molar-refractivity contribution < 1.29 is 18.7 Å². The normalized spacial score (nSPS) is 14.1. The molecule has 0 saturated carbocycles. The van der Waals surface area contributed by atoms with E-state index in [0.717, 1.165) is 18.2 Å². The Kier molecular flexibility index (Phi) is 5.75. The summed E-state index contributed by atoms with van der Waals surface area (Å²) in [6, 6.07) is 3.33. The molecule has 0 bridgehead atoms. The van der Waals surface area contributed by atoms with Crippen LogP contribution in [0.4, 0.5) is 8.78 Å². The third-order valence-corrected chi connectivity index (χ3v) is 3.85. The Balaban J connectivity index is 2.32. The lowest BCUT2D eigenvalue weighted by molar-refractivity contribution is -0.142. The summed E-state index contributed by atoms with van der Waals surface area (Å²) in [5.41, 5.74) is 4.35. The van der Waals surface area contributed by atoms with Crippen molar-refractivity contribution in [3.63, 3.8) is 0 Å². The van der Waals surface area contributed by atoms with Gasteiger partial charge in [-0.3, -0.25) is 4.79 Å². The smallest absolute Gasteiger partial charge is 0.323 e. The summed E-state index contributed by atoms with van der Waals surface area (Å²) >= 11 is 1.22. The zero-order valence-corrected chi connectivity index (χ0v) is 11.5. The second kappa shape index (κ2) is 6.86. The first-order valence-corrected chi connectivity index (χ1v) is 6.91.